The van der Waals surface area contributed by atoms with Crippen LogP contribution >= 0.6 is 0 Å². The predicted molar refractivity (Wildman–Crippen MR) is 82.7 cm³/mol. The summed E-state index contributed by atoms with van der Waals surface area (Å²) in [7, 11) is 0. The maximum absolute atomic E-state index is 12.4. The second-order valence-corrected chi connectivity index (χ2v) is 4.84. The van der Waals surface area contributed by atoms with Gasteiger partial charge in [0, 0.05) is 16.6 Å². The van der Waals surface area contributed by atoms with Crippen LogP contribution in [0.3, 0.4) is 0 Å². The second kappa shape index (κ2) is 5.77. The smallest absolute Gasteiger partial charge is 0.344 e. The SMILES string of the molecule is Cc1cc(C(=O)Oc2ccc([C]=O)cc2)c2ccccc2n1. The van der Waals surface area contributed by atoms with Crippen molar-refractivity contribution in [1.82, 2.24) is 4.98 Å². The van der Waals surface area contributed by atoms with Gasteiger partial charge in [-0.1, -0.05) is 18.2 Å². The molecule has 1 radical (unpaired) electrons. The number of nitrogens with zero attached hydrogens (tertiary/aromatic N) is 1. The zero-order chi connectivity index (χ0) is 15.5. The summed E-state index contributed by atoms with van der Waals surface area (Å²) >= 11 is 0. The Morgan fingerprint density at radius 3 is 2.55 bits per heavy atom. The fraction of sp³-hybridized carbons (Fsp3) is 0.0556. The summed E-state index contributed by atoms with van der Waals surface area (Å²) < 4.78 is 5.37. The van der Waals surface area contributed by atoms with Crippen LogP contribution in [0.25, 0.3) is 10.9 Å². The molecule has 22 heavy (non-hydrogen) atoms. The molecule has 3 rings (SSSR count). The number of pyridine rings is 1. The van der Waals surface area contributed by atoms with E-state index >= 15 is 0 Å². The quantitative estimate of drug-likeness (QED) is 0.549. The minimum atomic E-state index is -0.454. The minimum Gasteiger partial charge on any atom is -0.423 e. The van der Waals surface area contributed by atoms with E-state index in [0.717, 1.165) is 16.6 Å². The standard InChI is InChI=1S/C18H12NO3/c1-12-10-16(15-4-2-3-5-17(15)19-12)18(21)22-14-8-6-13(11-20)7-9-14/h2-10H,1H3. The topological polar surface area (TPSA) is 56.3 Å². The number of hydrogen-bond donors (Lipinski definition) is 0. The monoisotopic (exact) mass is 290 g/mol. The highest BCUT2D eigenvalue weighted by Crippen LogP contribution is 2.20. The molecule has 2 aromatic carbocycles. The number of aromatic nitrogens is 1. The van der Waals surface area contributed by atoms with Crippen molar-refractivity contribution < 1.29 is 14.3 Å². The van der Waals surface area contributed by atoms with E-state index < -0.39 is 5.97 Å². The molecule has 3 aromatic rings. The minimum absolute atomic E-state index is 0.377. The van der Waals surface area contributed by atoms with E-state index in [4.69, 9.17) is 4.74 Å². The molecule has 0 aliphatic rings. The number of fused-ring (bicyclic) bond motifs is 1. The number of carbonyl (C=O) groups excluding carboxylic acids is 2. The third-order valence-electron chi connectivity index (χ3n) is 3.25. The Hall–Kier alpha value is -3.01. The molecule has 0 fully saturated rings. The Kier molecular flexibility index (Phi) is 3.66. The van der Waals surface area contributed by atoms with Gasteiger partial charge in [0.05, 0.1) is 11.1 Å². The Morgan fingerprint density at radius 2 is 1.82 bits per heavy atom. The van der Waals surface area contributed by atoms with Crippen LogP contribution < -0.4 is 4.74 Å². The molecule has 1 heterocycles. The zero-order valence-corrected chi connectivity index (χ0v) is 11.9. The molecule has 0 amide bonds. The first-order valence-electron chi connectivity index (χ1n) is 6.74. The van der Waals surface area contributed by atoms with Crippen molar-refractivity contribution in [2.75, 3.05) is 0 Å². The lowest BCUT2D eigenvalue weighted by Crippen LogP contribution is -2.10. The van der Waals surface area contributed by atoms with Crippen LogP contribution in [-0.2, 0) is 4.79 Å². The first-order chi connectivity index (χ1) is 10.7. The lowest BCUT2D eigenvalue weighted by Gasteiger charge is -2.08. The van der Waals surface area contributed by atoms with E-state index in [9.17, 15) is 9.59 Å². The highest BCUT2D eigenvalue weighted by atomic mass is 16.5. The Bertz CT molecular complexity index is 854. The lowest BCUT2D eigenvalue weighted by molar-refractivity contribution is 0.0736. The van der Waals surface area contributed by atoms with E-state index in [2.05, 4.69) is 4.98 Å². The summed E-state index contributed by atoms with van der Waals surface area (Å²) in [6.45, 7) is 1.83. The highest BCUT2D eigenvalue weighted by Gasteiger charge is 2.14. The number of rotatable bonds is 3. The van der Waals surface area contributed by atoms with Crippen LogP contribution in [0.5, 0.6) is 5.75 Å². The van der Waals surface area contributed by atoms with Gasteiger partial charge in [0.15, 0.2) is 0 Å². The average molecular weight is 290 g/mol. The number of para-hydroxylation sites is 1. The number of ether oxygens (including phenoxy) is 1. The van der Waals surface area contributed by atoms with Gasteiger partial charge < -0.3 is 4.74 Å². The maximum Gasteiger partial charge on any atom is 0.344 e. The molecule has 0 atom stereocenters. The second-order valence-electron chi connectivity index (χ2n) is 4.84. The molecular formula is C18H12NO3. The Balaban J connectivity index is 1.96. The van der Waals surface area contributed by atoms with Crippen LogP contribution in [0.1, 0.15) is 21.6 Å². The van der Waals surface area contributed by atoms with Gasteiger partial charge in [0.2, 0.25) is 6.29 Å². The molecule has 0 spiro atoms. The molecule has 0 aliphatic heterocycles. The van der Waals surface area contributed by atoms with Crippen molar-refractivity contribution in [2.24, 2.45) is 0 Å². The van der Waals surface area contributed by atoms with Crippen LogP contribution in [0.4, 0.5) is 0 Å². The number of benzene rings is 2. The van der Waals surface area contributed by atoms with E-state index in [1.165, 1.54) is 0 Å². The van der Waals surface area contributed by atoms with Crippen LogP contribution in [0.15, 0.2) is 54.6 Å². The molecule has 0 bridgehead atoms. The van der Waals surface area contributed by atoms with Gasteiger partial charge in [-0.05, 0) is 43.3 Å². The normalized spacial score (nSPS) is 10.4. The molecule has 0 aliphatic carbocycles. The molecule has 0 N–H and O–H groups in total. The summed E-state index contributed by atoms with van der Waals surface area (Å²) in [5.74, 6) is -0.0768. The summed E-state index contributed by atoms with van der Waals surface area (Å²) in [6, 6.07) is 15.3. The van der Waals surface area contributed by atoms with Gasteiger partial charge in [0.1, 0.15) is 5.75 Å². The van der Waals surface area contributed by atoms with Gasteiger partial charge in [0.25, 0.3) is 0 Å². The molecular weight excluding hydrogens is 278 g/mol. The predicted octanol–water partition coefficient (Wildman–Crippen LogP) is 3.22. The van der Waals surface area contributed by atoms with E-state index in [0.29, 0.717) is 16.9 Å². The van der Waals surface area contributed by atoms with Crippen LogP contribution in [0, 0.1) is 6.92 Å². The highest BCUT2D eigenvalue weighted by molar-refractivity contribution is 6.04. The van der Waals surface area contributed by atoms with Crippen LogP contribution in [-0.4, -0.2) is 17.2 Å². The number of esters is 1. The van der Waals surface area contributed by atoms with Gasteiger partial charge in [-0.3, -0.25) is 9.78 Å². The Labute approximate surface area is 127 Å². The lowest BCUT2D eigenvalue weighted by atomic mass is 10.1. The van der Waals surface area contributed by atoms with Crippen molar-refractivity contribution in [1.29, 1.82) is 0 Å². The van der Waals surface area contributed by atoms with Crippen molar-refractivity contribution in [3.8, 4) is 5.75 Å². The van der Waals surface area contributed by atoms with Crippen molar-refractivity contribution in [2.45, 2.75) is 6.92 Å². The fourth-order valence-corrected chi connectivity index (χ4v) is 2.23. The summed E-state index contributed by atoms with van der Waals surface area (Å²) in [6.07, 6.45) is 1.77. The third kappa shape index (κ3) is 2.72. The molecule has 4 nitrogen and oxygen atoms in total. The fourth-order valence-electron chi connectivity index (χ4n) is 2.23. The molecule has 0 saturated carbocycles. The largest absolute Gasteiger partial charge is 0.423 e. The third-order valence-corrected chi connectivity index (χ3v) is 3.25. The molecule has 0 saturated heterocycles. The van der Waals surface area contributed by atoms with Crippen molar-refractivity contribution in [3.05, 3.63) is 71.4 Å². The van der Waals surface area contributed by atoms with Gasteiger partial charge >= 0.3 is 5.97 Å². The van der Waals surface area contributed by atoms with Crippen molar-refractivity contribution in [3.63, 3.8) is 0 Å². The maximum atomic E-state index is 12.4. The Morgan fingerprint density at radius 1 is 1.09 bits per heavy atom. The van der Waals surface area contributed by atoms with E-state index in [1.54, 1.807) is 36.6 Å². The van der Waals surface area contributed by atoms with E-state index in [-0.39, 0.29) is 0 Å². The number of carbonyl (C=O) groups is 1. The summed E-state index contributed by atoms with van der Waals surface area (Å²) in [5.41, 5.74) is 2.37. The van der Waals surface area contributed by atoms with Gasteiger partial charge in [-0.25, -0.2) is 4.79 Å². The first kappa shape index (κ1) is 13.9. The van der Waals surface area contributed by atoms with Crippen LogP contribution in [0.2, 0.25) is 0 Å². The summed E-state index contributed by atoms with van der Waals surface area (Å²) in [5, 5.41) is 0.746. The first-order valence-corrected chi connectivity index (χ1v) is 6.74. The molecule has 4 heteroatoms. The molecule has 1 aromatic heterocycles. The van der Waals surface area contributed by atoms with Crippen molar-refractivity contribution >= 4 is 23.2 Å². The summed E-state index contributed by atoms with van der Waals surface area (Å²) in [4.78, 5) is 27.3. The van der Waals surface area contributed by atoms with E-state index in [1.807, 2.05) is 31.2 Å². The van der Waals surface area contributed by atoms with Gasteiger partial charge in [-0.15, -0.1) is 0 Å². The number of hydrogen-bond acceptors (Lipinski definition) is 4. The number of aryl methyl sites for hydroxylation is 1. The zero-order valence-electron chi connectivity index (χ0n) is 11.9. The average Bonchev–Trinajstić information content (AvgIpc) is 2.54. The molecule has 0 unspecified atom stereocenters. The molecule has 107 valence electrons. The van der Waals surface area contributed by atoms with Gasteiger partial charge in [-0.2, -0.15) is 0 Å².